The van der Waals surface area contributed by atoms with E-state index >= 15 is 0 Å². The van der Waals surface area contributed by atoms with Gasteiger partial charge in [0.05, 0.1) is 7.11 Å². The van der Waals surface area contributed by atoms with Crippen molar-refractivity contribution in [2.75, 3.05) is 13.7 Å². The zero-order valence-corrected chi connectivity index (χ0v) is 11.9. The molecule has 0 fully saturated rings. The quantitative estimate of drug-likeness (QED) is 0.924. The van der Waals surface area contributed by atoms with Crippen LogP contribution in [-0.4, -0.2) is 13.7 Å². The lowest BCUT2D eigenvalue weighted by atomic mass is 9.74. The van der Waals surface area contributed by atoms with Crippen molar-refractivity contribution in [1.82, 2.24) is 0 Å². The SMILES string of the molecule is COc1cccc2c1CC(c1ccccc1)CC2CN. The second kappa shape index (κ2) is 5.68. The maximum atomic E-state index is 6.01. The molecule has 1 aliphatic rings. The molecule has 20 heavy (non-hydrogen) atoms. The highest BCUT2D eigenvalue weighted by molar-refractivity contribution is 5.46. The van der Waals surface area contributed by atoms with Gasteiger partial charge in [-0.05, 0) is 54.0 Å². The lowest BCUT2D eigenvalue weighted by Crippen LogP contribution is -2.23. The minimum atomic E-state index is 0.430. The maximum Gasteiger partial charge on any atom is 0.122 e. The maximum absolute atomic E-state index is 6.01. The van der Waals surface area contributed by atoms with Crippen LogP contribution in [0.15, 0.2) is 48.5 Å². The third-order valence-electron chi connectivity index (χ3n) is 4.40. The molecule has 2 nitrogen and oxygen atoms in total. The molecule has 2 heteroatoms. The van der Waals surface area contributed by atoms with E-state index in [4.69, 9.17) is 10.5 Å². The standard InChI is InChI=1S/C18H21NO/c1-20-18-9-5-8-16-15(12-19)10-14(11-17(16)18)13-6-3-2-4-7-13/h2-9,14-15H,10-12,19H2,1H3. The predicted octanol–water partition coefficient (Wildman–Crippen LogP) is 3.47. The van der Waals surface area contributed by atoms with Crippen LogP contribution < -0.4 is 10.5 Å². The van der Waals surface area contributed by atoms with Crippen molar-refractivity contribution in [2.24, 2.45) is 5.73 Å². The summed E-state index contributed by atoms with van der Waals surface area (Å²) in [4.78, 5) is 0. The Labute approximate surface area is 120 Å². The Morgan fingerprint density at radius 2 is 1.90 bits per heavy atom. The molecule has 2 atom stereocenters. The molecule has 0 spiro atoms. The molecule has 0 saturated carbocycles. The summed E-state index contributed by atoms with van der Waals surface area (Å²) < 4.78 is 5.55. The highest BCUT2D eigenvalue weighted by atomic mass is 16.5. The van der Waals surface area contributed by atoms with Crippen molar-refractivity contribution < 1.29 is 4.74 Å². The van der Waals surface area contributed by atoms with E-state index < -0.39 is 0 Å². The van der Waals surface area contributed by atoms with Gasteiger partial charge in [-0.3, -0.25) is 0 Å². The van der Waals surface area contributed by atoms with Gasteiger partial charge in [0, 0.05) is 0 Å². The van der Waals surface area contributed by atoms with Crippen LogP contribution in [0.1, 0.15) is 34.9 Å². The average Bonchev–Trinajstić information content (AvgIpc) is 2.54. The summed E-state index contributed by atoms with van der Waals surface area (Å²) in [5.41, 5.74) is 10.1. The van der Waals surface area contributed by atoms with Gasteiger partial charge in [-0.15, -0.1) is 0 Å². The number of hydrogen-bond donors (Lipinski definition) is 1. The van der Waals surface area contributed by atoms with Crippen LogP contribution in [0.2, 0.25) is 0 Å². The average molecular weight is 267 g/mol. The smallest absolute Gasteiger partial charge is 0.122 e. The molecule has 1 aliphatic carbocycles. The molecule has 0 amide bonds. The Balaban J connectivity index is 2.01. The monoisotopic (exact) mass is 267 g/mol. The summed E-state index contributed by atoms with van der Waals surface area (Å²) in [7, 11) is 1.75. The highest BCUT2D eigenvalue weighted by Crippen LogP contribution is 2.42. The molecule has 0 aliphatic heterocycles. The van der Waals surface area contributed by atoms with Crippen molar-refractivity contribution in [1.29, 1.82) is 0 Å². The Kier molecular flexibility index (Phi) is 3.75. The Hall–Kier alpha value is -1.80. The first kappa shape index (κ1) is 13.2. The topological polar surface area (TPSA) is 35.2 Å². The van der Waals surface area contributed by atoms with Crippen LogP contribution in [0.5, 0.6) is 5.75 Å². The first-order valence-electron chi connectivity index (χ1n) is 7.24. The van der Waals surface area contributed by atoms with Crippen molar-refractivity contribution in [3.63, 3.8) is 0 Å². The van der Waals surface area contributed by atoms with Crippen LogP contribution in [0.3, 0.4) is 0 Å². The molecule has 2 aromatic carbocycles. The molecule has 0 saturated heterocycles. The lowest BCUT2D eigenvalue weighted by molar-refractivity contribution is 0.397. The summed E-state index contributed by atoms with van der Waals surface area (Å²) in [5, 5.41) is 0. The Morgan fingerprint density at radius 3 is 2.60 bits per heavy atom. The third kappa shape index (κ3) is 2.32. The lowest BCUT2D eigenvalue weighted by Gasteiger charge is -2.32. The van der Waals surface area contributed by atoms with E-state index in [1.807, 2.05) is 0 Å². The van der Waals surface area contributed by atoms with E-state index in [0.717, 1.165) is 18.6 Å². The fraction of sp³-hybridized carbons (Fsp3) is 0.333. The zero-order chi connectivity index (χ0) is 13.9. The Bertz CT molecular complexity index is 579. The molecule has 0 bridgehead atoms. The Morgan fingerprint density at radius 1 is 1.10 bits per heavy atom. The second-order valence-electron chi connectivity index (χ2n) is 5.51. The number of benzene rings is 2. The predicted molar refractivity (Wildman–Crippen MR) is 82.3 cm³/mol. The number of nitrogens with two attached hydrogens (primary N) is 1. The van der Waals surface area contributed by atoms with Crippen LogP contribution in [0, 0.1) is 0 Å². The molecule has 104 valence electrons. The highest BCUT2D eigenvalue weighted by Gasteiger charge is 2.28. The van der Waals surface area contributed by atoms with Crippen molar-refractivity contribution >= 4 is 0 Å². The van der Waals surface area contributed by atoms with E-state index in [-0.39, 0.29) is 0 Å². The largest absolute Gasteiger partial charge is 0.496 e. The van der Waals surface area contributed by atoms with Gasteiger partial charge >= 0.3 is 0 Å². The van der Waals surface area contributed by atoms with Gasteiger partial charge in [-0.1, -0.05) is 42.5 Å². The van der Waals surface area contributed by atoms with E-state index in [2.05, 4.69) is 48.5 Å². The molecule has 2 unspecified atom stereocenters. The minimum absolute atomic E-state index is 0.430. The zero-order valence-electron chi connectivity index (χ0n) is 11.9. The van der Waals surface area contributed by atoms with Crippen LogP contribution >= 0.6 is 0 Å². The summed E-state index contributed by atoms with van der Waals surface area (Å²) in [6.07, 6.45) is 2.17. The molecular weight excluding hydrogens is 246 g/mol. The number of rotatable bonds is 3. The molecule has 2 N–H and O–H groups in total. The van der Waals surface area contributed by atoms with Gasteiger partial charge in [0.25, 0.3) is 0 Å². The van der Waals surface area contributed by atoms with E-state index in [1.165, 1.54) is 16.7 Å². The minimum Gasteiger partial charge on any atom is -0.496 e. The number of hydrogen-bond acceptors (Lipinski definition) is 2. The number of methoxy groups -OCH3 is 1. The van der Waals surface area contributed by atoms with Gasteiger partial charge in [0.2, 0.25) is 0 Å². The summed E-state index contributed by atoms with van der Waals surface area (Å²) in [6, 6.07) is 17.1. The van der Waals surface area contributed by atoms with Crippen LogP contribution in [-0.2, 0) is 6.42 Å². The van der Waals surface area contributed by atoms with Gasteiger partial charge in [0.1, 0.15) is 5.75 Å². The van der Waals surface area contributed by atoms with Crippen molar-refractivity contribution in [2.45, 2.75) is 24.7 Å². The summed E-state index contributed by atoms with van der Waals surface area (Å²) in [6.45, 7) is 0.698. The van der Waals surface area contributed by atoms with Gasteiger partial charge in [0.15, 0.2) is 0 Å². The van der Waals surface area contributed by atoms with E-state index in [0.29, 0.717) is 18.4 Å². The van der Waals surface area contributed by atoms with Crippen LogP contribution in [0.25, 0.3) is 0 Å². The number of fused-ring (bicyclic) bond motifs is 1. The van der Waals surface area contributed by atoms with E-state index in [9.17, 15) is 0 Å². The molecule has 2 aromatic rings. The molecular formula is C18H21NO. The van der Waals surface area contributed by atoms with Crippen molar-refractivity contribution in [3.05, 3.63) is 65.2 Å². The number of ether oxygens (including phenoxy) is 1. The van der Waals surface area contributed by atoms with Gasteiger partial charge in [-0.25, -0.2) is 0 Å². The fourth-order valence-corrected chi connectivity index (χ4v) is 3.38. The molecule has 3 rings (SSSR count). The molecule has 0 heterocycles. The third-order valence-corrected chi connectivity index (χ3v) is 4.40. The van der Waals surface area contributed by atoms with Crippen LogP contribution in [0.4, 0.5) is 0 Å². The summed E-state index contributed by atoms with van der Waals surface area (Å²) in [5.74, 6) is 1.97. The first-order valence-corrected chi connectivity index (χ1v) is 7.24. The fourth-order valence-electron chi connectivity index (χ4n) is 3.38. The van der Waals surface area contributed by atoms with Gasteiger partial charge < -0.3 is 10.5 Å². The van der Waals surface area contributed by atoms with Crippen molar-refractivity contribution in [3.8, 4) is 5.75 Å². The molecule has 0 aromatic heterocycles. The normalized spacial score (nSPS) is 21.3. The summed E-state index contributed by atoms with van der Waals surface area (Å²) >= 11 is 0. The second-order valence-corrected chi connectivity index (χ2v) is 5.51. The molecule has 0 radical (unpaired) electrons. The van der Waals surface area contributed by atoms with Gasteiger partial charge in [-0.2, -0.15) is 0 Å². The van der Waals surface area contributed by atoms with E-state index in [1.54, 1.807) is 7.11 Å². The first-order chi connectivity index (χ1) is 9.83.